The van der Waals surface area contributed by atoms with Crippen molar-refractivity contribution in [3.63, 3.8) is 0 Å². The monoisotopic (exact) mass is 354 g/mol. The predicted molar refractivity (Wildman–Crippen MR) is 72.1 cm³/mol. The van der Waals surface area contributed by atoms with E-state index in [-0.39, 0.29) is 17.1 Å². The van der Waals surface area contributed by atoms with E-state index in [1.807, 2.05) is 0 Å². The standard InChI is InChI=1S/C10H11BrO5S2/c1-18(15,16)5-4-17(14)7-2-3-9(11)8(6-7)10(12)13/h2-3,6H,4-5H2,1H3,(H,12,13). The molecule has 0 aliphatic carbocycles. The molecule has 1 aromatic carbocycles. The summed E-state index contributed by atoms with van der Waals surface area (Å²) in [6.07, 6.45) is 1.06. The zero-order valence-electron chi connectivity index (χ0n) is 9.42. The first-order valence-electron chi connectivity index (χ1n) is 4.79. The fraction of sp³-hybridized carbons (Fsp3) is 0.300. The van der Waals surface area contributed by atoms with Crippen LogP contribution in [-0.2, 0) is 20.6 Å². The molecule has 0 aliphatic heterocycles. The highest BCUT2D eigenvalue weighted by Gasteiger charge is 2.13. The van der Waals surface area contributed by atoms with Crippen molar-refractivity contribution in [3.05, 3.63) is 28.2 Å². The highest BCUT2D eigenvalue weighted by molar-refractivity contribution is 9.10. The fourth-order valence-corrected chi connectivity index (χ4v) is 4.09. The van der Waals surface area contributed by atoms with Crippen LogP contribution in [0.15, 0.2) is 27.6 Å². The van der Waals surface area contributed by atoms with E-state index >= 15 is 0 Å². The van der Waals surface area contributed by atoms with Gasteiger partial charge in [0.2, 0.25) is 0 Å². The molecule has 0 fully saturated rings. The number of benzene rings is 1. The van der Waals surface area contributed by atoms with Gasteiger partial charge in [-0.25, -0.2) is 13.2 Å². The lowest BCUT2D eigenvalue weighted by Crippen LogP contribution is -2.12. The molecule has 100 valence electrons. The van der Waals surface area contributed by atoms with Gasteiger partial charge in [-0.15, -0.1) is 0 Å². The molecular formula is C10H11BrO5S2. The van der Waals surface area contributed by atoms with Crippen LogP contribution in [0, 0.1) is 0 Å². The first kappa shape index (κ1) is 15.3. The molecule has 1 unspecified atom stereocenters. The Morgan fingerprint density at radius 2 is 2.06 bits per heavy atom. The van der Waals surface area contributed by atoms with E-state index in [2.05, 4.69) is 15.9 Å². The summed E-state index contributed by atoms with van der Waals surface area (Å²) in [4.78, 5) is 11.2. The second-order valence-electron chi connectivity index (χ2n) is 3.63. The van der Waals surface area contributed by atoms with Gasteiger partial charge in [-0.3, -0.25) is 4.21 Å². The van der Waals surface area contributed by atoms with Crippen molar-refractivity contribution in [2.45, 2.75) is 4.90 Å². The Balaban J connectivity index is 2.94. The largest absolute Gasteiger partial charge is 0.478 e. The Morgan fingerprint density at radius 1 is 1.44 bits per heavy atom. The topological polar surface area (TPSA) is 88.5 Å². The third-order valence-electron chi connectivity index (χ3n) is 2.07. The molecule has 18 heavy (non-hydrogen) atoms. The maximum absolute atomic E-state index is 11.8. The van der Waals surface area contributed by atoms with Crippen molar-refractivity contribution in [2.75, 3.05) is 17.8 Å². The van der Waals surface area contributed by atoms with Crippen molar-refractivity contribution >= 4 is 42.5 Å². The van der Waals surface area contributed by atoms with Gasteiger partial charge in [0.25, 0.3) is 0 Å². The number of aromatic carboxylic acids is 1. The lowest BCUT2D eigenvalue weighted by molar-refractivity contribution is 0.0695. The molecule has 0 saturated carbocycles. The lowest BCUT2D eigenvalue weighted by Gasteiger charge is -2.04. The Hall–Kier alpha value is -0.730. The smallest absolute Gasteiger partial charge is 0.336 e. The summed E-state index contributed by atoms with van der Waals surface area (Å²) in [6.45, 7) is 0. The van der Waals surface area contributed by atoms with Crippen LogP contribution in [0.4, 0.5) is 0 Å². The third kappa shape index (κ3) is 4.51. The number of hydrogen-bond acceptors (Lipinski definition) is 4. The maximum Gasteiger partial charge on any atom is 0.336 e. The van der Waals surface area contributed by atoms with Crippen LogP contribution in [0.3, 0.4) is 0 Å². The van der Waals surface area contributed by atoms with E-state index in [1.54, 1.807) is 0 Å². The highest BCUT2D eigenvalue weighted by atomic mass is 79.9. The van der Waals surface area contributed by atoms with Crippen LogP contribution in [0.25, 0.3) is 0 Å². The zero-order chi connectivity index (χ0) is 13.9. The summed E-state index contributed by atoms with van der Waals surface area (Å²) in [6, 6.07) is 4.27. The van der Waals surface area contributed by atoms with Gasteiger partial charge in [-0.1, -0.05) is 0 Å². The number of hydrogen-bond donors (Lipinski definition) is 1. The second kappa shape index (κ2) is 5.94. The number of halogens is 1. The van der Waals surface area contributed by atoms with Gasteiger partial charge >= 0.3 is 5.97 Å². The van der Waals surface area contributed by atoms with Gasteiger partial charge in [-0.2, -0.15) is 0 Å². The summed E-state index contributed by atoms with van der Waals surface area (Å²) >= 11 is 3.08. The first-order valence-corrected chi connectivity index (χ1v) is 8.97. The van der Waals surface area contributed by atoms with Crippen molar-refractivity contribution in [2.24, 2.45) is 0 Å². The third-order valence-corrected chi connectivity index (χ3v) is 5.32. The lowest BCUT2D eigenvalue weighted by atomic mass is 10.2. The molecule has 0 aliphatic rings. The van der Waals surface area contributed by atoms with Crippen LogP contribution in [0.2, 0.25) is 0 Å². The molecule has 8 heteroatoms. The summed E-state index contributed by atoms with van der Waals surface area (Å²) in [5.74, 6) is -1.37. The van der Waals surface area contributed by atoms with Gasteiger partial charge < -0.3 is 5.11 Å². The molecule has 1 rings (SSSR count). The molecule has 0 heterocycles. The van der Waals surface area contributed by atoms with Gasteiger partial charge in [0.05, 0.1) is 22.1 Å². The van der Waals surface area contributed by atoms with E-state index in [0.29, 0.717) is 9.37 Å². The molecular weight excluding hydrogens is 344 g/mol. The van der Waals surface area contributed by atoms with Gasteiger partial charge in [0.15, 0.2) is 0 Å². The van der Waals surface area contributed by atoms with E-state index in [4.69, 9.17) is 5.11 Å². The van der Waals surface area contributed by atoms with Gasteiger partial charge in [-0.05, 0) is 34.1 Å². The van der Waals surface area contributed by atoms with Crippen LogP contribution < -0.4 is 0 Å². The van der Waals surface area contributed by atoms with Crippen molar-refractivity contribution < 1.29 is 22.5 Å². The number of sulfone groups is 1. The SMILES string of the molecule is CS(=O)(=O)CCS(=O)c1ccc(Br)c(C(=O)O)c1. The van der Waals surface area contributed by atoms with Gasteiger partial charge in [0.1, 0.15) is 9.84 Å². The fourth-order valence-electron chi connectivity index (χ4n) is 1.15. The van der Waals surface area contributed by atoms with E-state index < -0.39 is 26.6 Å². The zero-order valence-corrected chi connectivity index (χ0v) is 12.6. The maximum atomic E-state index is 11.8. The normalized spacial score (nSPS) is 13.2. The van der Waals surface area contributed by atoms with Crippen LogP contribution >= 0.6 is 15.9 Å². The summed E-state index contributed by atoms with van der Waals surface area (Å²) in [5.41, 5.74) is 0.000190. The molecule has 0 saturated heterocycles. The number of carbonyl (C=O) groups is 1. The van der Waals surface area contributed by atoms with Gasteiger partial charge in [0, 0.05) is 21.4 Å². The second-order valence-corrected chi connectivity index (χ2v) is 8.31. The average Bonchev–Trinajstić information content (AvgIpc) is 2.25. The number of carboxylic acids is 1. The Morgan fingerprint density at radius 3 is 2.56 bits per heavy atom. The van der Waals surface area contributed by atoms with Crippen molar-refractivity contribution in [3.8, 4) is 0 Å². The van der Waals surface area contributed by atoms with E-state index in [1.165, 1.54) is 18.2 Å². The summed E-state index contributed by atoms with van der Waals surface area (Å²) < 4.78 is 34.1. The van der Waals surface area contributed by atoms with Crippen molar-refractivity contribution in [1.29, 1.82) is 0 Å². The molecule has 0 aromatic heterocycles. The highest BCUT2D eigenvalue weighted by Crippen LogP contribution is 2.20. The summed E-state index contributed by atoms with van der Waals surface area (Å²) in [7, 11) is -4.71. The van der Waals surface area contributed by atoms with Crippen LogP contribution in [-0.4, -0.2) is 41.5 Å². The Kier molecular flexibility index (Phi) is 5.06. The predicted octanol–water partition coefficient (Wildman–Crippen LogP) is 1.30. The van der Waals surface area contributed by atoms with Crippen LogP contribution in [0.1, 0.15) is 10.4 Å². The quantitative estimate of drug-likeness (QED) is 0.860. The van der Waals surface area contributed by atoms with E-state index in [9.17, 15) is 17.4 Å². The molecule has 5 nitrogen and oxygen atoms in total. The molecule has 0 spiro atoms. The average molecular weight is 355 g/mol. The molecule has 0 bridgehead atoms. The van der Waals surface area contributed by atoms with Crippen LogP contribution in [0.5, 0.6) is 0 Å². The number of rotatable bonds is 5. The Labute approximate surface area is 116 Å². The first-order chi connectivity index (χ1) is 8.20. The number of carboxylic acid groups (broad SMARTS) is 1. The van der Waals surface area contributed by atoms with E-state index in [0.717, 1.165) is 6.26 Å². The summed E-state index contributed by atoms with van der Waals surface area (Å²) in [5, 5.41) is 8.91. The minimum atomic E-state index is -3.18. The molecule has 1 N–H and O–H groups in total. The Bertz CT molecular complexity index is 594. The van der Waals surface area contributed by atoms with Crippen molar-refractivity contribution in [1.82, 2.24) is 0 Å². The minimum Gasteiger partial charge on any atom is -0.478 e. The molecule has 0 amide bonds. The molecule has 0 radical (unpaired) electrons. The minimum absolute atomic E-state index is 0.000190. The molecule has 1 aromatic rings. The molecule has 1 atom stereocenters.